The van der Waals surface area contributed by atoms with Crippen molar-refractivity contribution in [2.24, 2.45) is 0 Å². The number of oxazole rings is 1. The molecule has 2 aromatic rings. The summed E-state index contributed by atoms with van der Waals surface area (Å²) in [6.45, 7) is 1.76. The average Bonchev–Trinajstić information content (AvgIpc) is 2.71. The Morgan fingerprint density at radius 1 is 1.64 bits per heavy atom. The number of aldehydes is 1. The van der Waals surface area contributed by atoms with E-state index in [4.69, 9.17) is 16.0 Å². The zero-order valence-corrected chi connectivity index (χ0v) is 8.00. The first-order chi connectivity index (χ1) is 6.72. The fraction of sp³-hybridized carbons (Fsp3) is 0.125. The van der Waals surface area contributed by atoms with Gasteiger partial charge in [-0.1, -0.05) is 11.6 Å². The fourth-order valence-corrected chi connectivity index (χ4v) is 1.24. The van der Waals surface area contributed by atoms with Gasteiger partial charge in [0.25, 0.3) is 0 Å². The van der Waals surface area contributed by atoms with Gasteiger partial charge in [-0.2, -0.15) is 5.10 Å². The van der Waals surface area contributed by atoms with Crippen molar-refractivity contribution in [3.8, 4) is 11.6 Å². The summed E-state index contributed by atoms with van der Waals surface area (Å²) in [5.74, 6) is 0.934. The van der Waals surface area contributed by atoms with Gasteiger partial charge in [-0.15, -0.1) is 0 Å². The number of hydrogen-bond acceptors (Lipinski definition) is 4. The first-order valence-electron chi connectivity index (χ1n) is 3.84. The monoisotopic (exact) mass is 211 g/mol. The lowest BCUT2D eigenvalue weighted by Crippen LogP contribution is -1.84. The maximum absolute atomic E-state index is 10.7. The molecule has 0 aromatic carbocycles. The maximum Gasteiger partial charge on any atom is 0.247 e. The minimum atomic E-state index is 0.186. The SMILES string of the molecule is Cc1cnc(-c2n[nH]c(Cl)c2C=O)o1. The van der Waals surface area contributed by atoms with Crippen molar-refractivity contribution in [1.82, 2.24) is 15.2 Å². The predicted octanol–water partition coefficient (Wildman–Crippen LogP) is 1.84. The molecule has 0 spiro atoms. The number of halogens is 1. The minimum Gasteiger partial charge on any atom is -0.440 e. The minimum absolute atomic E-state index is 0.186. The summed E-state index contributed by atoms with van der Waals surface area (Å²) in [6, 6.07) is 0. The van der Waals surface area contributed by atoms with E-state index in [1.165, 1.54) is 0 Å². The van der Waals surface area contributed by atoms with Crippen molar-refractivity contribution in [3.63, 3.8) is 0 Å². The largest absolute Gasteiger partial charge is 0.440 e. The van der Waals surface area contributed by atoms with Crippen molar-refractivity contribution in [2.75, 3.05) is 0 Å². The standard InChI is InChI=1S/C8H6ClN3O2/c1-4-2-10-8(14-4)6-5(3-13)7(9)12-11-6/h2-3H,1H3,(H,11,12). The molecule has 0 bridgehead atoms. The molecule has 0 atom stereocenters. The highest BCUT2D eigenvalue weighted by molar-refractivity contribution is 6.32. The molecule has 72 valence electrons. The van der Waals surface area contributed by atoms with Crippen LogP contribution >= 0.6 is 11.6 Å². The Labute approximate surface area is 84.1 Å². The van der Waals surface area contributed by atoms with E-state index in [1.807, 2.05) is 0 Å². The third-order valence-corrected chi connectivity index (χ3v) is 1.99. The molecule has 0 aliphatic carbocycles. The summed E-state index contributed by atoms with van der Waals surface area (Å²) in [5, 5.41) is 6.49. The number of aromatic amines is 1. The van der Waals surface area contributed by atoms with Crippen molar-refractivity contribution < 1.29 is 9.21 Å². The Morgan fingerprint density at radius 3 is 3.00 bits per heavy atom. The van der Waals surface area contributed by atoms with Crippen LogP contribution < -0.4 is 0 Å². The van der Waals surface area contributed by atoms with Crippen LogP contribution in [0.25, 0.3) is 11.6 Å². The summed E-state index contributed by atoms with van der Waals surface area (Å²) < 4.78 is 5.21. The van der Waals surface area contributed by atoms with E-state index in [9.17, 15) is 4.79 Å². The van der Waals surface area contributed by atoms with Gasteiger partial charge in [0, 0.05) is 0 Å². The number of hydrogen-bond donors (Lipinski definition) is 1. The Hall–Kier alpha value is -1.62. The molecule has 6 heteroatoms. The zero-order valence-electron chi connectivity index (χ0n) is 7.24. The molecule has 0 unspecified atom stereocenters. The molecule has 2 rings (SSSR count). The van der Waals surface area contributed by atoms with Crippen LogP contribution in [0.2, 0.25) is 5.15 Å². The second kappa shape index (κ2) is 3.26. The summed E-state index contributed by atoms with van der Waals surface area (Å²) >= 11 is 5.68. The first-order valence-corrected chi connectivity index (χ1v) is 4.22. The van der Waals surface area contributed by atoms with Gasteiger partial charge in [0.2, 0.25) is 5.89 Å². The molecule has 2 heterocycles. The Morgan fingerprint density at radius 2 is 2.43 bits per heavy atom. The van der Waals surface area contributed by atoms with Crippen LogP contribution in [0.4, 0.5) is 0 Å². The number of aryl methyl sites for hydroxylation is 1. The van der Waals surface area contributed by atoms with Gasteiger partial charge < -0.3 is 4.42 Å². The van der Waals surface area contributed by atoms with Gasteiger partial charge in [-0.25, -0.2) is 4.98 Å². The van der Waals surface area contributed by atoms with Crippen LogP contribution in [-0.2, 0) is 0 Å². The van der Waals surface area contributed by atoms with Crippen LogP contribution in [0.3, 0.4) is 0 Å². The second-order valence-corrected chi connectivity index (χ2v) is 3.07. The molecular weight excluding hydrogens is 206 g/mol. The van der Waals surface area contributed by atoms with Crippen LogP contribution in [0.1, 0.15) is 16.1 Å². The van der Waals surface area contributed by atoms with E-state index in [0.29, 0.717) is 17.7 Å². The van der Waals surface area contributed by atoms with Crippen molar-refractivity contribution in [3.05, 3.63) is 22.7 Å². The molecule has 0 aliphatic rings. The topological polar surface area (TPSA) is 71.8 Å². The third-order valence-electron chi connectivity index (χ3n) is 1.70. The number of aromatic nitrogens is 3. The van der Waals surface area contributed by atoms with Gasteiger partial charge in [0.05, 0.1) is 11.8 Å². The quantitative estimate of drug-likeness (QED) is 0.770. The molecule has 14 heavy (non-hydrogen) atoms. The molecule has 2 aromatic heterocycles. The molecule has 0 saturated carbocycles. The fourth-order valence-electron chi connectivity index (χ4n) is 1.06. The Balaban J connectivity index is 2.56. The maximum atomic E-state index is 10.7. The van der Waals surface area contributed by atoms with E-state index in [-0.39, 0.29) is 16.6 Å². The number of carbonyl (C=O) groups is 1. The summed E-state index contributed by atoms with van der Waals surface area (Å²) in [4.78, 5) is 14.6. The lowest BCUT2D eigenvalue weighted by Gasteiger charge is -1.88. The van der Waals surface area contributed by atoms with E-state index in [1.54, 1.807) is 13.1 Å². The molecule has 0 aliphatic heterocycles. The van der Waals surface area contributed by atoms with Crippen molar-refractivity contribution in [2.45, 2.75) is 6.92 Å². The smallest absolute Gasteiger partial charge is 0.247 e. The highest BCUT2D eigenvalue weighted by atomic mass is 35.5. The van der Waals surface area contributed by atoms with E-state index >= 15 is 0 Å². The number of nitrogens with one attached hydrogen (secondary N) is 1. The zero-order chi connectivity index (χ0) is 10.1. The van der Waals surface area contributed by atoms with Gasteiger partial charge in [0.15, 0.2) is 12.0 Å². The molecule has 0 saturated heterocycles. The van der Waals surface area contributed by atoms with Gasteiger partial charge in [0.1, 0.15) is 10.9 Å². The van der Waals surface area contributed by atoms with Crippen LogP contribution in [0.5, 0.6) is 0 Å². The lowest BCUT2D eigenvalue weighted by atomic mass is 10.3. The summed E-state index contributed by atoms with van der Waals surface area (Å²) in [7, 11) is 0. The second-order valence-electron chi connectivity index (χ2n) is 2.69. The summed E-state index contributed by atoms with van der Waals surface area (Å²) in [5.41, 5.74) is 0.589. The molecular formula is C8H6ClN3O2. The first kappa shape index (κ1) is 8.96. The molecule has 0 fully saturated rings. The average molecular weight is 212 g/mol. The number of carbonyl (C=O) groups excluding carboxylic acids is 1. The number of H-pyrrole nitrogens is 1. The van der Waals surface area contributed by atoms with E-state index in [2.05, 4.69) is 15.2 Å². The number of nitrogens with zero attached hydrogens (tertiary/aromatic N) is 2. The van der Waals surface area contributed by atoms with Crippen molar-refractivity contribution in [1.29, 1.82) is 0 Å². The van der Waals surface area contributed by atoms with Gasteiger partial charge in [-0.05, 0) is 6.92 Å². The number of rotatable bonds is 2. The van der Waals surface area contributed by atoms with Gasteiger partial charge in [-0.3, -0.25) is 9.89 Å². The van der Waals surface area contributed by atoms with Crippen LogP contribution in [0, 0.1) is 6.92 Å². The highest BCUT2D eigenvalue weighted by Gasteiger charge is 2.16. The van der Waals surface area contributed by atoms with Crippen molar-refractivity contribution >= 4 is 17.9 Å². The normalized spacial score (nSPS) is 10.4. The molecule has 5 nitrogen and oxygen atoms in total. The summed E-state index contributed by atoms with van der Waals surface area (Å²) in [6.07, 6.45) is 2.16. The Bertz CT molecular complexity index is 475. The highest BCUT2D eigenvalue weighted by Crippen LogP contribution is 2.24. The third kappa shape index (κ3) is 1.31. The molecule has 0 radical (unpaired) electrons. The predicted molar refractivity (Wildman–Crippen MR) is 49.2 cm³/mol. The Kier molecular flexibility index (Phi) is 2.09. The molecule has 0 amide bonds. The van der Waals surface area contributed by atoms with Crippen LogP contribution in [-0.4, -0.2) is 21.5 Å². The van der Waals surface area contributed by atoms with E-state index in [0.717, 1.165) is 0 Å². The van der Waals surface area contributed by atoms with Crippen LogP contribution in [0.15, 0.2) is 10.6 Å². The van der Waals surface area contributed by atoms with E-state index < -0.39 is 0 Å². The van der Waals surface area contributed by atoms with Gasteiger partial charge >= 0.3 is 0 Å². The molecule has 1 N–H and O–H groups in total. The lowest BCUT2D eigenvalue weighted by molar-refractivity contribution is 0.112.